The Bertz CT molecular complexity index is 565. The number of carboxylic acids is 2. The first-order valence-electron chi connectivity index (χ1n) is 7.14. The maximum Gasteiger partial charge on any atom is 0.317 e. The van der Waals surface area contributed by atoms with Gasteiger partial charge in [0.05, 0.1) is 19.6 Å². The fraction of sp³-hybridized carbons (Fsp3) is 0.438. The molecular weight excluding hydrogens is 399 g/mol. The van der Waals surface area contributed by atoms with Gasteiger partial charge >= 0.3 is 11.9 Å². The van der Waals surface area contributed by atoms with Crippen molar-refractivity contribution in [3.05, 3.63) is 29.8 Å². The van der Waals surface area contributed by atoms with Crippen LogP contribution in [0.15, 0.2) is 24.3 Å². The maximum absolute atomic E-state index is 11.9. The van der Waals surface area contributed by atoms with Crippen LogP contribution in [0.1, 0.15) is 26.3 Å². The predicted molar refractivity (Wildman–Crippen MR) is 85.5 cm³/mol. The van der Waals surface area contributed by atoms with E-state index in [2.05, 4.69) is 26.1 Å². The molecule has 0 unspecified atom stereocenters. The van der Waals surface area contributed by atoms with Crippen molar-refractivity contribution in [2.24, 2.45) is 0 Å². The number of rotatable bonds is 7. The molecule has 0 saturated heterocycles. The Balaban J connectivity index is 0.00000529. The Labute approximate surface area is 154 Å². The Morgan fingerprint density at radius 2 is 1.42 bits per heavy atom. The van der Waals surface area contributed by atoms with Crippen molar-refractivity contribution < 1.29 is 44.7 Å². The van der Waals surface area contributed by atoms with Gasteiger partial charge in [-0.15, -0.1) is 0 Å². The topological polar surface area (TPSA) is 107 Å². The molecule has 1 rings (SSSR count). The third-order valence-corrected chi connectivity index (χ3v) is 3.12. The largest absolute Gasteiger partial charge is 0.480 e. The maximum atomic E-state index is 11.9. The molecule has 0 aliphatic rings. The smallest absolute Gasteiger partial charge is 0.317 e. The Kier molecular flexibility index (Phi) is 8.82. The first kappa shape index (κ1) is 22.2. The molecule has 8 heteroatoms. The molecule has 0 heterocycles. The van der Waals surface area contributed by atoms with E-state index in [1.807, 2.05) is 12.1 Å². The van der Waals surface area contributed by atoms with Gasteiger partial charge < -0.3 is 15.5 Å². The molecular formula is C16H22N2O5Tc. The number of carboxylic acid groups (broad SMARTS) is 2. The van der Waals surface area contributed by atoms with Crippen LogP contribution in [-0.2, 0) is 39.9 Å². The number of nitrogens with one attached hydrogen (secondary N) is 1. The fourth-order valence-electron chi connectivity index (χ4n) is 2.01. The average Bonchev–Trinajstić information content (AvgIpc) is 2.36. The van der Waals surface area contributed by atoms with Crippen LogP contribution in [0.5, 0.6) is 0 Å². The number of carbonyl (C=O) groups excluding carboxylic acids is 1. The summed E-state index contributed by atoms with van der Waals surface area (Å²) in [6, 6.07) is 7.33. The average molecular weight is 421 g/mol. The third-order valence-electron chi connectivity index (χ3n) is 3.12. The number of nitrogens with zero attached hydrogens (tertiary/aromatic N) is 1. The summed E-state index contributed by atoms with van der Waals surface area (Å²) in [5.41, 5.74) is 1.70. The number of hydrogen-bond donors (Lipinski definition) is 3. The first-order chi connectivity index (χ1) is 10.6. The first-order valence-corrected chi connectivity index (χ1v) is 7.14. The Hall–Kier alpha value is -1.76. The number of hydrogen-bond acceptors (Lipinski definition) is 4. The summed E-state index contributed by atoms with van der Waals surface area (Å²) < 4.78 is 0. The van der Waals surface area contributed by atoms with E-state index < -0.39 is 30.9 Å². The van der Waals surface area contributed by atoms with Gasteiger partial charge in [-0.2, -0.15) is 0 Å². The fourth-order valence-corrected chi connectivity index (χ4v) is 2.01. The van der Waals surface area contributed by atoms with Crippen molar-refractivity contribution >= 4 is 23.5 Å². The van der Waals surface area contributed by atoms with Gasteiger partial charge in [0, 0.05) is 25.8 Å². The van der Waals surface area contributed by atoms with Gasteiger partial charge in [-0.3, -0.25) is 19.3 Å². The minimum Gasteiger partial charge on any atom is -0.480 e. The van der Waals surface area contributed by atoms with Gasteiger partial charge in [-0.1, -0.05) is 32.9 Å². The van der Waals surface area contributed by atoms with Crippen LogP contribution >= 0.6 is 0 Å². The number of amides is 1. The van der Waals surface area contributed by atoms with Gasteiger partial charge in [-0.05, 0) is 23.1 Å². The molecule has 1 aromatic rings. The van der Waals surface area contributed by atoms with Crippen LogP contribution in [0.2, 0.25) is 0 Å². The van der Waals surface area contributed by atoms with E-state index in [9.17, 15) is 14.4 Å². The molecule has 1 radical (unpaired) electrons. The number of carbonyl (C=O) groups is 3. The van der Waals surface area contributed by atoms with Gasteiger partial charge in [0.15, 0.2) is 0 Å². The van der Waals surface area contributed by atoms with Crippen LogP contribution in [0, 0.1) is 0 Å². The monoisotopic (exact) mass is 421 g/mol. The van der Waals surface area contributed by atoms with E-state index >= 15 is 0 Å². The zero-order chi connectivity index (χ0) is 17.6. The summed E-state index contributed by atoms with van der Waals surface area (Å²) in [4.78, 5) is 34.4. The minimum atomic E-state index is -1.19. The van der Waals surface area contributed by atoms with E-state index in [1.165, 1.54) is 0 Å². The van der Waals surface area contributed by atoms with Gasteiger partial charge in [0.2, 0.25) is 5.91 Å². The normalized spacial score (nSPS) is 10.8. The summed E-state index contributed by atoms with van der Waals surface area (Å²) in [5.74, 6) is -2.84. The van der Waals surface area contributed by atoms with Gasteiger partial charge in [-0.25, -0.2) is 0 Å². The molecule has 0 aromatic heterocycles. The number of anilines is 1. The number of benzene rings is 1. The molecule has 0 bridgehead atoms. The second-order valence-electron chi connectivity index (χ2n) is 6.31. The van der Waals surface area contributed by atoms with Crippen LogP contribution < -0.4 is 5.32 Å². The van der Waals surface area contributed by atoms with Gasteiger partial charge in [0.1, 0.15) is 0 Å². The zero-order valence-electron chi connectivity index (χ0n) is 13.9. The van der Waals surface area contributed by atoms with Crippen molar-refractivity contribution in [3.63, 3.8) is 0 Å². The molecule has 7 nitrogen and oxygen atoms in total. The molecule has 0 spiro atoms. The Morgan fingerprint density at radius 3 is 1.79 bits per heavy atom. The summed E-state index contributed by atoms with van der Waals surface area (Å²) in [6.07, 6.45) is 0. The molecule has 0 fully saturated rings. The zero-order valence-corrected chi connectivity index (χ0v) is 15.7. The van der Waals surface area contributed by atoms with E-state index in [0.29, 0.717) is 5.69 Å². The van der Waals surface area contributed by atoms with E-state index in [0.717, 1.165) is 10.5 Å². The molecule has 0 aliphatic carbocycles. The quantitative estimate of drug-likeness (QED) is 0.615. The van der Waals surface area contributed by atoms with Gasteiger partial charge in [0.25, 0.3) is 0 Å². The Morgan fingerprint density at radius 1 is 0.958 bits per heavy atom. The molecule has 1 amide bonds. The standard InChI is InChI=1S/C16H22N2O5.Tc/c1-16(2,3)11-4-6-12(7-5-11)17-13(19)8-18(9-14(20)21)10-15(22)23;/h4-7H,8-10H2,1-3H3,(H,17,19)(H,20,21)(H,22,23);/i;1+1. The summed E-state index contributed by atoms with van der Waals surface area (Å²) >= 11 is 0. The van der Waals surface area contributed by atoms with Crippen molar-refractivity contribution in [2.45, 2.75) is 26.2 Å². The summed E-state index contributed by atoms with van der Waals surface area (Å²) in [6.45, 7) is 4.91. The SMILES string of the molecule is CC(C)(C)c1ccc(NC(=O)CN(CC(=O)O)CC(=O)O)cc1.[99Tc]. The van der Waals surface area contributed by atoms with E-state index in [-0.39, 0.29) is 32.1 Å². The van der Waals surface area contributed by atoms with Crippen LogP contribution in [0.3, 0.4) is 0 Å². The van der Waals surface area contributed by atoms with Crippen LogP contribution in [-0.4, -0.2) is 52.6 Å². The number of aliphatic carboxylic acids is 2. The van der Waals surface area contributed by atoms with Crippen molar-refractivity contribution in [2.75, 3.05) is 25.0 Å². The second kappa shape index (κ2) is 9.51. The molecule has 0 atom stereocenters. The molecule has 0 saturated carbocycles. The third kappa shape index (κ3) is 8.19. The summed E-state index contributed by atoms with van der Waals surface area (Å²) in [5, 5.41) is 20.1. The molecule has 0 aliphatic heterocycles. The summed E-state index contributed by atoms with van der Waals surface area (Å²) in [7, 11) is 0. The van der Waals surface area contributed by atoms with E-state index in [4.69, 9.17) is 10.2 Å². The van der Waals surface area contributed by atoms with Crippen molar-refractivity contribution in [1.29, 1.82) is 0 Å². The molecule has 3 N–H and O–H groups in total. The van der Waals surface area contributed by atoms with E-state index in [1.54, 1.807) is 12.1 Å². The molecule has 24 heavy (non-hydrogen) atoms. The molecule has 1 aromatic carbocycles. The van der Waals surface area contributed by atoms with Crippen molar-refractivity contribution in [3.8, 4) is 0 Å². The van der Waals surface area contributed by atoms with Crippen LogP contribution in [0.4, 0.5) is 5.69 Å². The second-order valence-corrected chi connectivity index (χ2v) is 6.31. The molecule has 133 valence electrons. The van der Waals surface area contributed by atoms with Crippen molar-refractivity contribution in [1.82, 2.24) is 4.90 Å². The van der Waals surface area contributed by atoms with Crippen LogP contribution in [0.25, 0.3) is 0 Å². The minimum absolute atomic E-state index is 0. The predicted octanol–water partition coefficient (Wildman–Crippen LogP) is 1.39.